The Morgan fingerprint density at radius 1 is 1.00 bits per heavy atom. The van der Waals surface area contributed by atoms with Crippen LogP contribution in [-0.2, 0) is 0 Å². The van der Waals surface area contributed by atoms with Crippen molar-refractivity contribution in [3.63, 3.8) is 0 Å². The normalized spacial score (nSPS) is 13.6. The van der Waals surface area contributed by atoms with Gasteiger partial charge in [-0.3, -0.25) is 0 Å². The summed E-state index contributed by atoms with van der Waals surface area (Å²) in [4.78, 5) is 0. The maximum Gasteiger partial charge on any atom is 0.00669 e. The first kappa shape index (κ1) is 13.0. The van der Waals surface area contributed by atoms with Gasteiger partial charge in [0.15, 0.2) is 0 Å². The first-order valence-electron chi connectivity index (χ1n) is 5.97. The summed E-state index contributed by atoms with van der Waals surface area (Å²) in [7, 11) is 0. The summed E-state index contributed by atoms with van der Waals surface area (Å²) in [6.45, 7) is 10.3. The van der Waals surface area contributed by atoms with Gasteiger partial charge in [0.05, 0.1) is 0 Å². The van der Waals surface area contributed by atoms with Crippen LogP contribution in [0.4, 0.5) is 0 Å². The predicted molar refractivity (Wildman–Crippen MR) is 61.1 cm³/mol. The SMILES string of the molecule is CCCC(CCC)NCC(C)CC. The van der Waals surface area contributed by atoms with Crippen LogP contribution < -0.4 is 5.32 Å². The third-order valence-electron chi connectivity index (χ3n) is 2.73. The van der Waals surface area contributed by atoms with Crippen molar-refractivity contribution in [1.29, 1.82) is 0 Å². The number of hydrogen-bond donors (Lipinski definition) is 1. The summed E-state index contributed by atoms with van der Waals surface area (Å²) in [6.07, 6.45) is 6.57. The molecule has 13 heavy (non-hydrogen) atoms. The van der Waals surface area contributed by atoms with E-state index in [0.717, 1.165) is 12.0 Å². The van der Waals surface area contributed by atoms with Gasteiger partial charge in [-0.05, 0) is 25.3 Å². The molecule has 1 unspecified atom stereocenters. The van der Waals surface area contributed by atoms with E-state index in [1.54, 1.807) is 0 Å². The summed E-state index contributed by atoms with van der Waals surface area (Å²) in [5.74, 6) is 0.830. The van der Waals surface area contributed by atoms with Crippen LogP contribution in [0.25, 0.3) is 0 Å². The van der Waals surface area contributed by atoms with Crippen LogP contribution in [0.3, 0.4) is 0 Å². The monoisotopic (exact) mass is 185 g/mol. The third kappa shape index (κ3) is 7.06. The van der Waals surface area contributed by atoms with E-state index in [2.05, 4.69) is 33.0 Å². The van der Waals surface area contributed by atoms with E-state index in [1.807, 2.05) is 0 Å². The molecule has 0 radical (unpaired) electrons. The van der Waals surface area contributed by atoms with Crippen LogP contribution in [0.5, 0.6) is 0 Å². The van der Waals surface area contributed by atoms with Crippen LogP contribution in [0.1, 0.15) is 59.8 Å². The molecule has 0 rings (SSSR count). The van der Waals surface area contributed by atoms with Crippen LogP contribution in [0.15, 0.2) is 0 Å². The first-order valence-corrected chi connectivity index (χ1v) is 5.97. The van der Waals surface area contributed by atoms with Crippen molar-refractivity contribution in [2.24, 2.45) is 5.92 Å². The van der Waals surface area contributed by atoms with Gasteiger partial charge in [0.25, 0.3) is 0 Å². The van der Waals surface area contributed by atoms with Crippen molar-refractivity contribution in [3.8, 4) is 0 Å². The number of rotatable bonds is 8. The molecule has 0 aliphatic rings. The molecule has 80 valence electrons. The highest BCUT2D eigenvalue weighted by Crippen LogP contribution is 2.06. The van der Waals surface area contributed by atoms with Gasteiger partial charge in [-0.1, -0.05) is 47.0 Å². The molecule has 0 fully saturated rings. The van der Waals surface area contributed by atoms with Crippen molar-refractivity contribution in [3.05, 3.63) is 0 Å². The van der Waals surface area contributed by atoms with E-state index in [4.69, 9.17) is 0 Å². The largest absolute Gasteiger partial charge is 0.314 e. The van der Waals surface area contributed by atoms with Crippen LogP contribution in [-0.4, -0.2) is 12.6 Å². The summed E-state index contributed by atoms with van der Waals surface area (Å²) in [5, 5.41) is 3.67. The van der Waals surface area contributed by atoms with Gasteiger partial charge in [-0.2, -0.15) is 0 Å². The van der Waals surface area contributed by atoms with Gasteiger partial charge < -0.3 is 5.32 Å². The molecular formula is C12H27N. The molecule has 0 amide bonds. The van der Waals surface area contributed by atoms with Crippen LogP contribution in [0, 0.1) is 5.92 Å². The van der Waals surface area contributed by atoms with E-state index >= 15 is 0 Å². The second-order valence-corrected chi connectivity index (χ2v) is 4.20. The van der Waals surface area contributed by atoms with Crippen molar-refractivity contribution >= 4 is 0 Å². The lowest BCUT2D eigenvalue weighted by atomic mass is 10.0. The lowest BCUT2D eigenvalue weighted by Gasteiger charge is -2.19. The third-order valence-corrected chi connectivity index (χ3v) is 2.73. The molecule has 0 saturated heterocycles. The van der Waals surface area contributed by atoms with E-state index in [0.29, 0.717) is 0 Å². The molecule has 0 aliphatic heterocycles. The van der Waals surface area contributed by atoms with Crippen molar-refractivity contribution in [1.82, 2.24) is 5.32 Å². The maximum atomic E-state index is 3.67. The molecule has 1 atom stereocenters. The molecular weight excluding hydrogens is 158 g/mol. The fourth-order valence-corrected chi connectivity index (χ4v) is 1.56. The standard InChI is InChI=1S/C12H27N/c1-5-8-12(9-6-2)13-10-11(4)7-3/h11-13H,5-10H2,1-4H3. The maximum absolute atomic E-state index is 3.67. The smallest absolute Gasteiger partial charge is 0.00669 e. The Balaban J connectivity index is 3.55. The van der Waals surface area contributed by atoms with Crippen molar-refractivity contribution in [2.75, 3.05) is 6.54 Å². The Morgan fingerprint density at radius 2 is 1.54 bits per heavy atom. The quantitative estimate of drug-likeness (QED) is 0.609. The summed E-state index contributed by atoms with van der Waals surface area (Å²) in [5.41, 5.74) is 0. The first-order chi connectivity index (χ1) is 6.24. The van der Waals surface area contributed by atoms with E-state index in [1.165, 1.54) is 38.6 Å². The molecule has 0 bridgehead atoms. The van der Waals surface area contributed by atoms with Crippen LogP contribution in [0.2, 0.25) is 0 Å². The van der Waals surface area contributed by atoms with Gasteiger partial charge in [-0.25, -0.2) is 0 Å². The highest BCUT2D eigenvalue weighted by atomic mass is 14.9. The fourth-order valence-electron chi connectivity index (χ4n) is 1.56. The second kappa shape index (κ2) is 8.55. The lowest BCUT2D eigenvalue weighted by Crippen LogP contribution is -2.32. The second-order valence-electron chi connectivity index (χ2n) is 4.20. The molecule has 1 N–H and O–H groups in total. The zero-order chi connectivity index (χ0) is 10.1. The van der Waals surface area contributed by atoms with Gasteiger partial charge >= 0.3 is 0 Å². The Morgan fingerprint density at radius 3 is 1.92 bits per heavy atom. The Labute approximate surface area is 84.3 Å². The van der Waals surface area contributed by atoms with Crippen LogP contribution >= 0.6 is 0 Å². The lowest BCUT2D eigenvalue weighted by molar-refractivity contribution is 0.398. The molecule has 0 aromatic carbocycles. The zero-order valence-corrected chi connectivity index (χ0v) is 9.90. The van der Waals surface area contributed by atoms with Gasteiger partial charge in [0, 0.05) is 6.04 Å². The summed E-state index contributed by atoms with van der Waals surface area (Å²) >= 11 is 0. The molecule has 0 aromatic rings. The molecule has 0 heterocycles. The van der Waals surface area contributed by atoms with Gasteiger partial charge in [-0.15, -0.1) is 0 Å². The average Bonchev–Trinajstić information content (AvgIpc) is 2.14. The molecule has 0 aliphatic carbocycles. The Hall–Kier alpha value is -0.0400. The molecule has 0 spiro atoms. The van der Waals surface area contributed by atoms with Gasteiger partial charge in [0.2, 0.25) is 0 Å². The van der Waals surface area contributed by atoms with Crippen molar-refractivity contribution < 1.29 is 0 Å². The Bertz CT molecular complexity index is 95.3. The number of hydrogen-bond acceptors (Lipinski definition) is 1. The highest BCUT2D eigenvalue weighted by molar-refractivity contribution is 4.67. The van der Waals surface area contributed by atoms with Crippen molar-refractivity contribution in [2.45, 2.75) is 65.8 Å². The Kier molecular flexibility index (Phi) is 8.53. The van der Waals surface area contributed by atoms with Gasteiger partial charge in [0.1, 0.15) is 0 Å². The molecule has 1 heteroatoms. The minimum atomic E-state index is 0.768. The molecule has 0 saturated carbocycles. The van der Waals surface area contributed by atoms with E-state index in [9.17, 15) is 0 Å². The summed E-state index contributed by atoms with van der Waals surface area (Å²) in [6, 6.07) is 0.768. The molecule has 1 nitrogen and oxygen atoms in total. The fraction of sp³-hybridized carbons (Fsp3) is 1.00. The molecule has 0 aromatic heterocycles. The highest BCUT2D eigenvalue weighted by Gasteiger charge is 2.06. The minimum Gasteiger partial charge on any atom is -0.314 e. The topological polar surface area (TPSA) is 12.0 Å². The van der Waals surface area contributed by atoms with E-state index < -0.39 is 0 Å². The van der Waals surface area contributed by atoms with E-state index in [-0.39, 0.29) is 0 Å². The predicted octanol–water partition coefficient (Wildman–Crippen LogP) is 3.59. The number of nitrogens with one attached hydrogen (secondary N) is 1. The summed E-state index contributed by atoms with van der Waals surface area (Å²) < 4.78 is 0. The average molecular weight is 185 g/mol. The minimum absolute atomic E-state index is 0.768. The zero-order valence-electron chi connectivity index (χ0n) is 9.90.